The molecule has 1 atom stereocenters. The van der Waals surface area contributed by atoms with Crippen LogP contribution in [-0.2, 0) is 14.3 Å². The van der Waals surface area contributed by atoms with Gasteiger partial charge in [-0.2, -0.15) is 0 Å². The van der Waals surface area contributed by atoms with E-state index in [9.17, 15) is 9.59 Å². The van der Waals surface area contributed by atoms with Crippen molar-refractivity contribution < 1.29 is 14.3 Å². The highest BCUT2D eigenvalue weighted by molar-refractivity contribution is 5.92. The molecule has 82 valence electrons. The molecule has 1 aliphatic carbocycles. The van der Waals surface area contributed by atoms with E-state index < -0.39 is 6.23 Å². The summed E-state index contributed by atoms with van der Waals surface area (Å²) in [7, 11) is 1.66. The summed E-state index contributed by atoms with van der Waals surface area (Å²) in [6.07, 6.45) is 3.68. The molecule has 4 heteroatoms. The number of rotatable bonds is 3. The van der Waals surface area contributed by atoms with Crippen molar-refractivity contribution >= 4 is 11.9 Å². The molecule has 1 unspecified atom stereocenters. The molecule has 2 rings (SSSR count). The van der Waals surface area contributed by atoms with Crippen molar-refractivity contribution in [3.63, 3.8) is 0 Å². The maximum absolute atomic E-state index is 11.5. The first kappa shape index (κ1) is 10.2. The van der Waals surface area contributed by atoms with Crippen LogP contribution in [0.4, 0.5) is 0 Å². The van der Waals surface area contributed by atoms with E-state index in [4.69, 9.17) is 4.74 Å². The van der Waals surface area contributed by atoms with E-state index in [1.54, 1.807) is 13.1 Å². The molecule has 1 aliphatic heterocycles. The lowest BCUT2D eigenvalue weighted by Crippen LogP contribution is -2.35. The molecule has 4 nitrogen and oxygen atoms in total. The number of hydrogen-bond acceptors (Lipinski definition) is 3. The van der Waals surface area contributed by atoms with E-state index in [2.05, 4.69) is 0 Å². The summed E-state index contributed by atoms with van der Waals surface area (Å²) in [5, 5.41) is 0. The maximum atomic E-state index is 11.5. The van der Waals surface area contributed by atoms with Gasteiger partial charge in [0.05, 0.1) is 5.92 Å². The number of carbonyl (C=O) groups is 2. The van der Waals surface area contributed by atoms with Gasteiger partial charge in [0.2, 0.25) is 12.1 Å². The van der Waals surface area contributed by atoms with Gasteiger partial charge in [-0.25, -0.2) is 0 Å². The molecule has 0 N–H and O–H groups in total. The minimum absolute atomic E-state index is 0.0761. The van der Waals surface area contributed by atoms with Crippen molar-refractivity contribution in [2.45, 2.75) is 32.4 Å². The number of ether oxygens (including phenoxy) is 1. The van der Waals surface area contributed by atoms with Gasteiger partial charge in [-0.15, -0.1) is 0 Å². The first-order valence-corrected chi connectivity index (χ1v) is 5.31. The number of likely N-dealkylation sites (N-methyl/N-ethyl adjacent to an activating group) is 1. The van der Waals surface area contributed by atoms with Crippen molar-refractivity contribution in [3.8, 4) is 0 Å². The standard InChI is InChI=1S/C11H15NO3/c1-3-7-6-9(13)12(2)10(7)15-11(14)8-4-5-8/h6,8,10H,3-5H2,1-2H3. The van der Waals surface area contributed by atoms with Crippen molar-refractivity contribution in [2.24, 2.45) is 5.92 Å². The third-order valence-electron chi connectivity index (χ3n) is 2.87. The molecular weight excluding hydrogens is 194 g/mol. The monoisotopic (exact) mass is 209 g/mol. The fourth-order valence-electron chi connectivity index (χ4n) is 1.65. The Hall–Kier alpha value is -1.32. The molecule has 1 saturated carbocycles. The van der Waals surface area contributed by atoms with Crippen LogP contribution in [0.15, 0.2) is 11.6 Å². The van der Waals surface area contributed by atoms with Crippen molar-refractivity contribution in [1.29, 1.82) is 0 Å². The molecule has 0 aromatic rings. The van der Waals surface area contributed by atoms with Gasteiger partial charge in [0.1, 0.15) is 0 Å². The Balaban J connectivity index is 2.03. The number of carbonyl (C=O) groups excluding carboxylic acids is 2. The van der Waals surface area contributed by atoms with Crippen LogP contribution in [0.5, 0.6) is 0 Å². The topological polar surface area (TPSA) is 46.6 Å². The zero-order chi connectivity index (χ0) is 11.0. The average molecular weight is 209 g/mol. The molecule has 0 radical (unpaired) electrons. The van der Waals surface area contributed by atoms with Gasteiger partial charge in [-0.3, -0.25) is 9.59 Å². The van der Waals surface area contributed by atoms with Crippen molar-refractivity contribution in [1.82, 2.24) is 4.90 Å². The highest BCUT2D eigenvalue weighted by Gasteiger charge is 2.37. The Morgan fingerprint density at radius 3 is 2.80 bits per heavy atom. The van der Waals surface area contributed by atoms with Crippen molar-refractivity contribution in [2.75, 3.05) is 7.05 Å². The Morgan fingerprint density at radius 1 is 1.60 bits per heavy atom. The second-order valence-electron chi connectivity index (χ2n) is 4.09. The Bertz CT molecular complexity index is 331. The third-order valence-corrected chi connectivity index (χ3v) is 2.87. The first-order chi connectivity index (χ1) is 7.13. The zero-order valence-corrected chi connectivity index (χ0v) is 9.03. The molecule has 2 aliphatic rings. The summed E-state index contributed by atoms with van der Waals surface area (Å²) in [6, 6.07) is 0. The lowest BCUT2D eigenvalue weighted by molar-refractivity contribution is -0.157. The summed E-state index contributed by atoms with van der Waals surface area (Å²) in [4.78, 5) is 24.3. The highest BCUT2D eigenvalue weighted by Crippen LogP contribution is 2.32. The number of nitrogens with zero attached hydrogens (tertiary/aromatic N) is 1. The number of amides is 1. The van der Waals surface area contributed by atoms with E-state index in [1.807, 2.05) is 6.92 Å². The van der Waals surface area contributed by atoms with Crippen LogP contribution in [0.3, 0.4) is 0 Å². The van der Waals surface area contributed by atoms with Gasteiger partial charge in [-0.05, 0) is 24.8 Å². The van der Waals surface area contributed by atoms with Gasteiger partial charge >= 0.3 is 5.97 Å². The predicted octanol–water partition coefficient (Wildman–Crippen LogP) is 1.07. The second-order valence-corrected chi connectivity index (χ2v) is 4.09. The Labute approximate surface area is 88.9 Å². The van der Waals surface area contributed by atoms with E-state index in [0.29, 0.717) is 0 Å². The average Bonchev–Trinajstić information content (AvgIpc) is 3.01. The molecule has 0 spiro atoms. The Morgan fingerprint density at radius 2 is 2.27 bits per heavy atom. The predicted molar refractivity (Wildman–Crippen MR) is 53.7 cm³/mol. The summed E-state index contributed by atoms with van der Waals surface area (Å²) in [5.74, 6) is -0.173. The third kappa shape index (κ3) is 1.89. The molecule has 0 bridgehead atoms. The normalized spacial score (nSPS) is 25.5. The van der Waals surface area contributed by atoms with Crippen LogP contribution in [0.25, 0.3) is 0 Å². The molecule has 0 aromatic heterocycles. The largest absolute Gasteiger partial charge is 0.437 e. The van der Waals surface area contributed by atoms with Crippen LogP contribution < -0.4 is 0 Å². The minimum Gasteiger partial charge on any atom is -0.437 e. The first-order valence-electron chi connectivity index (χ1n) is 5.31. The van der Waals surface area contributed by atoms with Crippen LogP contribution in [0, 0.1) is 5.92 Å². The van der Waals surface area contributed by atoms with E-state index in [-0.39, 0.29) is 17.8 Å². The molecule has 15 heavy (non-hydrogen) atoms. The Kier molecular flexibility index (Phi) is 2.50. The maximum Gasteiger partial charge on any atom is 0.311 e. The van der Waals surface area contributed by atoms with Crippen LogP contribution in [0.2, 0.25) is 0 Å². The number of hydrogen-bond donors (Lipinski definition) is 0. The summed E-state index contributed by atoms with van der Waals surface area (Å²) >= 11 is 0. The van der Waals surface area contributed by atoms with E-state index in [0.717, 1.165) is 24.8 Å². The summed E-state index contributed by atoms with van der Waals surface area (Å²) in [5.41, 5.74) is 0.886. The van der Waals surface area contributed by atoms with Crippen LogP contribution in [-0.4, -0.2) is 30.1 Å². The summed E-state index contributed by atoms with van der Waals surface area (Å²) < 4.78 is 5.32. The lowest BCUT2D eigenvalue weighted by atomic mass is 10.2. The zero-order valence-electron chi connectivity index (χ0n) is 9.03. The minimum atomic E-state index is -0.462. The van der Waals surface area contributed by atoms with Gasteiger partial charge < -0.3 is 9.64 Å². The molecule has 1 amide bonds. The molecule has 0 saturated heterocycles. The fraction of sp³-hybridized carbons (Fsp3) is 0.636. The van der Waals surface area contributed by atoms with Gasteiger partial charge in [0.15, 0.2) is 0 Å². The SMILES string of the molecule is CCC1=CC(=O)N(C)C1OC(=O)C1CC1. The number of esters is 1. The molecule has 1 heterocycles. The second kappa shape index (κ2) is 3.68. The molecule has 0 aromatic carbocycles. The summed E-state index contributed by atoms with van der Waals surface area (Å²) in [6.45, 7) is 1.95. The van der Waals surface area contributed by atoms with Gasteiger partial charge in [0, 0.05) is 13.1 Å². The van der Waals surface area contributed by atoms with E-state index in [1.165, 1.54) is 4.90 Å². The quantitative estimate of drug-likeness (QED) is 0.653. The lowest BCUT2D eigenvalue weighted by Gasteiger charge is -2.22. The highest BCUT2D eigenvalue weighted by atomic mass is 16.6. The van der Waals surface area contributed by atoms with Gasteiger partial charge in [-0.1, -0.05) is 6.92 Å². The van der Waals surface area contributed by atoms with E-state index >= 15 is 0 Å². The fourth-order valence-corrected chi connectivity index (χ4v) is 1.65. The van der Waals surface area contributed by atoms with Crippen LogP contribution >= 0.6 is 0 Å². The van der Waals surface area contributed by atoms with Gasteiger partial charge in [0.25, 0.3) is 0 Å². The van der Waals surface area contributed by atoms with Crippen LogP contribution in [0.1, 0.15) is 26.2 Å². The molecule has 1 fully saturated rings. The van der Waals surface area contributed by atoms with Crippen molar-refractivity contribution in [3.05, 3.63) is 11.6 Å². The molecular formula is C11H15NO3. The smallest absolute Gasteiger partial charge is 0.311 e.